The Hall–Kier alpha value is -2.39. The van der Waals surface area contributed by atoms with Gasteiger partial charge in [-0.15, -0.1) is 10.2 Å². The molecule has 3 rings (SSSR count). The van der Waals surface area contributed by atoms with Crippen LogP contribution in [0, 0.1) is 6.92 Å². The van der Waals surface area contributed by atoms with Crippen molar-refractivity contribution in [2.45, 2.75) is 6.92 Å². The predicted octanol–water partition coefficient (Wildman–Crippen LogP) is 5.40. The first kappa shape index (κ1) is 19.4. The molecule has 0 unspecified atom stereocenters. The third-order valence-corrected chi connectivity index (χ3v) is 4.75. The van der Waals surface area contributed by atoms with Crippen LogP contribution < -0.4 is 9.47 Å². The van der Waals surface area contributed by atoms with Gasteiger partial charge < -0.3 is 19.6 Å². The lowest BCUT2D eigenvalue weighted by Crippen LogP contribution is -2.09. The van der Waals surface area contributed by atoms with E-state index in [4.69, 9.17) is 9.47 Å². The van der Waals surface area contributed by atoms with Crippen molar-refractivity contribution < 1.29 is 19.4 Å². The lowest BCUT2D eigenvalue weighted by molar-refractivity contribution is -0.120. The maximum absolute atomic E-state index is 12.1. The van der Waals surface area contributed by atoms with Gasteiger partial charge in [0, 0.05) is 9.86 Å². The summed E-state index contributed by atoms with van der Waals surface area (Å²) in [5.41, 5.74) is 1.92. The maximum Gasteiger partial charge on any atom is 0.302 e. The maximum atomic E-state index is 12.1. The van der Waals surface area contributed by atoms with Crippen molar-refractivity contribution in [3.8, 4) is 17.4 Å². The van der Waals surface area contributed by atoms with Crippen molar-refractivity contribution in [3.05, 3.63) is 44.8 Å². The van der Waals surface area contributed by atoms with Gasteiger partial charge in [0.05, 0.1) is 17.1 Å². The van der Waals surface area contributed by atoms with E-state index in [-0.39, 0.29) is 18.2 Å². The van der Waals surface area contributed by atoms with E-state index in [1.54, 1.807) is 12.1 Å². The van der Waals surface area contributed by atoms with Crippen molar-refractivity contribution >= 4 is 54.4 Å². The molecule has 1 aromatic heterocycles. The molecule has 0 aliphatic rings. The zero-order valence-corrected chi connectivity index (χ0v) is 17.6. The normalized spacial score (nSPS) is 11.3. The Morgan fingerprint density at radius 3 is 2.78 bits per heavy atom. The number of hydrogen-bond acceptors (Lipinski definition) is 5. The average molecular weight is 497 g/mol. The number of aryl methyl sites for hydroxylation is 1. The molecule has 0 saturated heterocycles. The minimum Gasteiger partial charge on any atom is -0.493 e. The molecule has 1 heterocycles. The van der Waals surface area contributed by atoms with E-state index in [0.717, 1.165) is 10.0 Å². The summed E-state index contributed by atoms with van der Waals surface area (Å²) in [7, 11) is 1.50. The minimum atomic E-state index is -0.603. The van der Waals surface area contributed by atoms with Crippen molar-refractivity contribution in [1.29, 1.82) is 0 Å². The third-order valence-electron chi connectivity index (χ3n) is 3.70. The van der Waals surface area contributed by atoms with Gasteiger partial charge in [0.1, 0.15) is 0 Å². The lowest BCUT2D eigenvalue weighted by Gasteiger charge is -2.11. The van der Waals surface area contributed by atoms with Crippen LogP contribution in [0.25, 0.3) is 10.9 Å². The molecule has 0 atom stereocenters. The highest BCUT2D eigenvalue weighted by Gasteiger charge is 2.14. The van der Waals surface area contributed by atoms with Gasteiger partial charge in [-0.1, -0.05) is 27.6 Å². The van der Waals surface area contributed by atoms with Crippen LogP contribution in [0.3, 0.4) is 0 Å². The minimum absolute atomic E-state index is 0.148. The van der Waals surface area contributed by atoms with Gasteiger partial charge in [-0.3, -0.25) is 4.79 Å². The summed E-state index contributed by atoms with van der Waals surface area (Å²) in [4.78, 5) is 14.9. The van der Waals surface area contributed by atoms with Crippen LogP contribution in [-0.4, -0.2) is 29.7 Å². The van der Waals surface area contributed by atoms with Gasteiger partial charge in [0.25, 0.3) is 0 Å². The molecular formula is C18H15Br2N3O4. The van der Waals surface area contributed by atoms with Gasteiger partial charge in [-0.2, -0.15) is 0 Å². The van der Waals surface area contributed by atoms with Crippen molar-refractivity contribution in [3.63, 3.8) is 0 Å². The molecule has 2 N–H and O–H groups in total. The molecule has 0 aliphatic carbocycles. The quantitative estimate of drug-likeness (QED) is 0.462. The zero-order chi connectivity index (χ0) is 19.6. The van der Waals surface area contributed by atoms with E-state index >= 15 is 0 Å². The molecular weight excluding hydrogens is 482 g/mol. The Morgan fingerprint density at radius 2 is 2.04 bits per heavy atom. The molecule has 7 nitrogen and oxygen atoms in total. The number of aromatic nitrogens is 1. The fourth-order valence-electron chi connectivity index (χ4n) is 2.48. The number of carbonyl (C=O) groups is 1. The fourth-order valence-corrected chi connectivity index (χ4v) is 3.78. The third kappa shape index (κ3) is 4.30. The van der Waals surface area contributed by atoms with Gasteiger partial charge in [0.15, 0.2) is 23.8 Å². The molecule has 27 heavy (non-hydrogen) atoms. The lowest BCUT2D eigenvalue weighted by atomic mass is 10.2. The first-order chi connectivity index (χ1) is 12.9. The number of methoxy groups -OCH3 is 1. The van der Waals surface area contributed by atoms with Gasteiger partial charge in [-0.25, -0.2) is 0 Å². The number of nitrogens with one attached hydrogen (secondary N) is 1. The van der Waals surface area contributed by atoms with Crippen LogP contribution in [-0.2, 0) is 4.79 Å². The van der Waals surface area contributed by atoms with E-state index in [0.29, 0.717) is 26.9 Å². The number of H-pyrrole nitrogens is 1. The van der Waals surface area contributed by atoms with Crippen LogP contribution in [0.4, 0.5) is 5.69 Å². The van der Waals surface area contributed by atoms with Gasteiger partial charge >= 0.3 is 5.91 Å². The fraction of sp³-hybridized carbons (Fsp3) is 0.167. The second-order valence-electron chi connectivity index (χ2n) is 5.67. The van der Waals surface area contributed by atoms with Gasteiger partial charge in [-0.05, 0) is 47.1 Å². The average Bonchev–Trinajstić information content (AvgIpc) is 2.93. The van der Waals surface area contributed by atoms with E-state index in [9.17, 15) is 9.90 Å². The van der Waals surface area contributed by atoms with Crippen molar-refractivity contribution in [1.82, 2.24) is 4.98 Å². The zero-order valence-electron chi connectivity index (χ0n) is 14.4. The number of nitrogens with zero attached hydrogens (tertiary/aromatic N) is 2. The summed E-state index contributed by atoms with van der Waals surface area (Å²) >= 11 is 6.72. The molecule has 0 radical (unpaired) electrons. The first-order valence-electron chi connectivity index (χ1n) is 7.80. The topological polar surface area (TPSA) is 96.3 Å². The number of amides is 1. The number of aromatic amines is 1. The second-order valence-corrected chi connectivity index (χ2v) is 7.44. The Balaban J connectivity index is 1.76. The van der Waals surface area contributed by atoms with Crippen LogP contribution >= 0.6 is 31.9 Å². The summed E-state index contributed by atoms with van der Waals surface area (Å²) < 4.78 is 12.2. The second kappa shape index (κ2) is 8.10. The molecule has 0 bridgehead atoms. The summed E-state index contributed by atoms with van der Waals surface area (Å²) in [5.74, 6) is 0.0965. The number of benzene rings is 2. The molecule has 0 aliphatic heterocycles. The van der Waals surface area contributed by atoms with E-state index in [2.05, 4.69) is 47.1 Å². The number of azo groups is 1. The highest BCUT2D eigenvalue weighted by molar-refractivity contribution is 9.11. The summed E-state index contributed by atoms with van der Waals surface area (Å²) in [6.45, 7) is 1.59. The molecule has 2 aromatic carbocycles. The smallest absolute Gasteiger partial charge is 0.302 e. The number of ether oxygens (including phenoxy) is 2. The number of fused-ring (bicyclic) bond motifs is 1. The van der Waals surface area contributed by atoms with Gasteiger partial charge in [0.2, 0.25) is 5.88 Å². The van der Waals surface area contributed by atoms with E-state index < -0.39 is 5.91 Å². The highest BCUT2D eigenvalue weighted by atomic mass is 79.9. The van der Waals surface area contributed by atoms with Crippen LogP contribution in [0.15, 0.2) is 49.5 Å². The SMILES string of the molecule is COc1cc(Br)cc(Br)c1OCC(=O)N=Nc1c(O)[nH]c2ccc(C)cc12. The number of rotatable bonds is 5. The van der Waals surface area contributed by atoms with Crippen LogP contribution in [0.2, 0.25) is 0 Å². The predicted molar refractivity (Wildman–Crippen MR) is 108 cm³/mol. The Bertz CT molecular complexity index is 1050. The van der Waals surface area contributed by atoms with E-state index in [1.165, 1.54) is 7.11 Å². The highest BCUT2D eigenvalue weighted by Crippen LogP contribution is 2.38. The number of hydrogen-bond donors (Lipinski definition) is 2. The number of aromatic hydroxyl groups is 1. The van der Waals surface area contributed by atoms with Crippen molar-refractivity contribution in [2.24, 2.45) is 10.2 Å². The standard InChI is InChI=1S/C18H15Br2N3O4/c1-9-3-4-13-11(5-9)16(18(25)21-13)23-22-15(24)8-27-17-12(20)6-10(19)7-14(17)26-2/h3-7,21,25H,8H2,1-2H3. The Labute approximate surface area is 171 Å². The molecule has 9 heteroatoms. The summed E-state index contributed by atoms with van der Waals surface area (Å²) in [6.07, 6.45) is 0. The Morgan fingerprint density at radius 1 is 1.26 bits per heavy atom. The molecule has 140 valence electrons. The summed E-state index contributed by atoms with van der Waals surface area (Å²) in [5, 5.41) is 18.2. The molecule has 0 saturated carbocycles. The molecule has 0 spiro atoms. The molecule has 0 fully saturated rings. The van der Waals surface area contributed by atoms with E-state index in [1.807, 2.05) is 25.1 Å². The number of halogens is 2. The van der Waals surface area contributed by atoms with Crippen LogP contribution in [0.5, 0.6) is 17.4 Å². The molecule has 1 amide bonds. The summed E-state index contributed by atoms with van der Waals surface area (Å²) in [6, 6.07) is 9.08. The first-order valence-corrected chi connectivity index (χ1v) is 9.39. The van der Waals surface area contributed by atoms with Crippen LogP contribution in [0.1, 0.15) is 5.56 Å². The molecule has 3 aromatic rings. The number of carbonyl (C=O) groups excluding carboxylic acids is 1. The van der Waals surface area contributed by atoms with Crippen molar-refractivity contribution in [2.75, 3.05) is 13.7 Å². The monoisotopic (exact) mass is 495 g/mol. The largest absolute Gasteiger partial charge is 0.493 e. The Kier molecular flexibility index (Phi) is 5.81.